The molecule has 0 radical (unpaired) electrons. The van der Waals surface area contributed by atoms with Crippen LogP contribution < -0.4 is 15.5 Å². The number of fused-ring (bicyclic) bond motifs is 2. The van der Waals surface area contributed by atoms with Crippen molar-refractivity contribution in [1.82, 2.24) is 14.8 Å². The number of anilines is 3. The van der Waals surface area contributed by atoms with Crippen LogP contribution in [0.2, 0.25) is 0 Å². The van der Waals surface area contributed by atoms with Gasteiger partial charge < -0.3 is 15.5 Å². The Morgan fingerprint density at radius 3 is 3.18 bits per heavy atom. The van der Waals surface area contributed by atoms with Crippen molar-refractivity contribution in [3.8, 4) is 0 Å². The fourth-order valence-corrected chi connectivity index (χ4v) is 2.98. The van der Waals surface area contributed by atoms with Crippen LogP contribution in [0.1, 0.15) is 22.5 Å². The number of hydrogen-bond donors (Lipinski definition) is 2. The van der Waals surface area contributed by atoms with E-state index in [0.717, 1.165) is 44.1 Å². The molecule has 0 aliphatic carbocycles. The maximum atomic E-state index is 12.4. The third-order valence-corrected chi connectivity index (χ3v) is 4.19. The molecular formula is C15H18N6O. The molecular weight excluding hydrogens is 280 g/mol. The van der Waals surface area contributed by atoms with E-state index in [2.05, 4.69) is 25.6 Å². The first-order valence-corrected chi connectivity index (χ1v) is 7.54. The normalized spacial score (nSPS) is 16.0. The average Bonchev–Trinajstić information content (AvgIpc) is 3.12. The van der Waals surface area contributed by atoms with Crippen LogP contribution in [0.15, 0.2) is 18.3 Å². The Morgan fingerprint density at radius 1 is 1.36 bits per heavy atom. The maximum absolute atomic E-state index is 12.4. The molecule has 4 heterocycles. The van der Waals surface area contributed by atoms with Crippen LogP contribution in [-0.4, -0.2) is 40.8 Å². The molecule has 0 saturated carbocycles. The SMILES string of the molecule is CN1CCc2ccc(C(=O)Nc3cnn4c3NCCC4)nc21. The summed E-state index contributed by atoms with van der Waals surface area (Å²) in [5, 5.41) is 10.5. The summed E-state index contributed by atoms with van der Waals surface area (Å²) in [5.74, 6) is 1.58. The molecule has 0 aromatic carbocycles. The predicted octanol–water partition coefficient (Wildman–Crippen LogP) is 1.34. The van der Waals surface area contributed by atoms with Crippen molar-refractivity contribution in [3.05, 3.63) is 29.6 Å². The van der Waals surface area contributed by atoms with Gasteiger partial charge in [-0.3, -0.25) is 4.79 Å². The molecule has 0 spiro atoms. The Balaban J connectivity index is 1.58. The van der Waals surface area contributed by atoms with E-state index in [1.807, 2.05) is 17.8 Å². The molecule has 0 fully saturated rings. The topological polar surface area (TPSA) is 75.1 Å². The Morgan fingerprint density at radius 2 is 2.27 bits per heavy atom. The molecule has 0 bridgehead atoms. The molecule has 0 atom stereocenters. The minimum Gasteiger partial charge on any atom is -0.368 e. The second-order valence-corrected chi connectivity index (χ2v) is 5.72. The highest BCUT2D eigenvalue weighted by molar-refractivity contribution is 6.04. The van der Waals surface area contributed by atoms with Crippen LogP contribution in [-0.2, 0) is 13.0 Å². The molecule has 2 aliphatic rings. The highest BCUT2D eigenvalue weighted by Crippen LogP contribution is 2.26. The average molecular weight is 298 g/mol. The van der Waals surface area contributed by atoms with E-state index < -0.39 is 0 Å². The van der Waals surface area contributed by atoms with Gasteiger partial charge in [0.15, 0.2) is 0 Å². The highest BCUT2D eigenvalue weighted by Gasteiger charge is 2.21. The number of carbonyl (C=O) groups excluding carboxylic acids is 1. The number of carbonyl (C=O) groups is 1. The lowest BCUT2D eigenvalue weighted by Gasteiger charge is -2.17. The molecule has 2 aliphatic heterocycles. The molecule has 4 rings (SSSR count). The monoisotopic (exact) mass is 298 g/mol. The van der Waals surface area contributed by atoms with Gasteiger partial charge in [0.1, 0.15) is 23.0 Å². The quantitative estimate of drug-likeness (QED) is 0.875. The van der Waals surface area contributed by atoms with Crippen LogP contribution in [0.3, 0.4) is 0 Å². The number of aromatic nitrogens is 3. The number of nitrogens with zero attached hydrogens (tertiary/aromatic N) is 4. The van der Waals surface area contributed by atoms with E-state index in [1.165, 1.54) is 5.56 Å². The van der Waals surface area contributed by atoms with Gasteiger partial charge in [0.05, 0.1) is 6.20 Å². The zero-order chi connectivity index (χ0) is 15.1. The predicted molar refractivity (Wildman–Crippen MR) is 84.5 cm³/mol. The molecule has 0 unspecified atom stereocenters. The summed E-state index contributed by atoms with van der Waals surface area (Å²) in [5.41, 5.74) is 2.34. The first kappa shape index (κ1) is 13.1. The van der Waals surface area contributed by atoms with Crippen molar-refractivity contribution in [3.63, 3.8) is 0 Å². The first-order chi connectivity index (χ1) is 10.7. The van der Waals surface area contributed by atoms with E-state index in [9.17, 15) is 4.79 Å². The minimum absolute atomic E-state index is 0.203. The van der Waals surface area contributed by atoms with Crippen LogP contribution in [0, 0.1) is 0 Å². The Kier molecular flexibility index (Phi) is 2.99. The number of pyridine rings is 1. The van der Waals surface area contributed by atoms with Crippen molar-refractivity contribution in [2.75, 3.05) is 35.7 Å². The highest BCUT2D eigenvalue weighted by atomic mass is 16.1. The third-order valence-electron chi connectivity index (χ3n) is 4.19. The number of aryl methyl sites for hydroxylation is 1. The Labute approximate surface area is 128 Å². The number of likely N-dealkylation sites (N-methyl/N-ethyl adjacent to an activating group) is 1. The van der Waals surface area contributed by atoms with Gasteiger partial charge >= 0.3 is 0 Å². The van der Waals surface area contributed by atoms with Crippen LogP contribution in [0.25, 0.3) is 0 Å². The van der Waals surface area contributed by atoms with Crippen LogP contribution in [0.5, 0.6) is 0 Å². The molecule has 7 heteroatoms. The van der Waals surface area contributed by atoms with E-state index in [0.29, 0.717) is 11.4 Å². The smallest absolute Gasteiger partial charge is 0.274 e. The Bertz CT molecular complexity index is 738. The lowest BCUT2D eigenvalue weighted by atomic mass is 10.2. The van der Waals surface area contributed by atoms with Gasteiger partial charge in [-0.25, -0.2) is 9.67 Å². The molecule has 22 heavy (non-hydrogen) atoms. The molecule has 0 saturated heterocycles. The van der Waals surface area contributed by atoms with Gasteiger partial charge in [-0.1, -0.05) is 6.07 Å². The number of rotatable bonds is 2. The fraction of sp³-hybridized carbons (Fsp3) is 0.400. The zero-order valence-electron chi connectivity index (χ0n) is 12.5. The van der Waals surface area contributed by atoms with Gasteiger partial charge in [0, 0.05) is 26.7 Å². The summed E-state index contributed by atoms with van der Waals surface area (Å²) in [6, 6.07) is 3.78. The van der Waals surface area contributed by atoms with Gasteiger partial charge in [0.2, 0.25) is 0 Å². The minimum atomic E-state index is -0.203. The van der Waals surface area contributed by atoms with Crippen molar-refractivity contribution >= 4 is 23.2 Å². The van der Waals surface area contributed by atoms with Gasteiger partial charge in [-0.15, -0.1) is 0 Å². The Hall–Kier alpha value is -2.57. The summed E-state index contributed by atoms with van der Waals surface area (Å²) in [6.45, 7) is 2.73. The summed E-state index contributed by atoms with van der Waals surface area (Å²) < 4.78 is 1.88. The van der Waals surface area contributed by atoms with Gasteiger partial charge in [0.25, 0.3) is 5.91 Å². The van der Waals surface area contributed by atoms with Gasteiger partial charge in [-0.2, -0.15) is 5.10 Å². The lowest BCUT2D eigenvalue weighted by molar-refractivity contribution is 0.102. The second kappa shape index (κ2) is 5.01. The largest absolute Gasteiger partial charge is 0.368 e. The summed E-state index contributed by atoms with van der Waals surface area (Å²) >= 11 is 0. The first-order valence-electron chi connectivity index (χ1n) is 7.54. The van der Waals surface area contributed by atoms with E-state index >= 15 is 0 Å². The van der Waals surface area contributed by atoms with E-state index in [1.54, 1.807) is 12.3 Å². The standard InChI is InChI=1S/C15H18N6O/c1-20-8-5-10-3-4-11(18-13(10)20)15(22)19-12-9-17-21-7-2-6-16-14(12)21/h3-4,9,16H,2,5-8H2,1H3,(H,19,22). The third kappa shape index (κ3) is 2.09. The van der Waals surface area contributed by atoms with Gasteiger partial charge in [-0.05, 0) is 24.5 Å². The van der Waals surface area contributed by atoms with Crippen LogP contribution in [0.4, 0.5) is 17.3 Å². The number of nitrogens with one attached hydrogen (secondary N) is 2. The molecule has 2 N–H and O–H groups in total. The molecule has 7 nitrogen and oxygen atoms in total. The van der Waals surface area contributed by atoms with Crippen LogP contribution >= 0.6 is 0 Å². The summed E-state index contributed by atoms with van der Waals surface area (Å²) in [7, 11) is 2.00. The second-order valence-electron chi connectivity index (χ2n) is 5.72. The molecule has 114 valence electrons. The van der Waals surface area contributed by atoms with Crippen molar-refractivity contribution in [2.24, 2.45) is 0 Å². The fourth-order valence-electron chi connectivity index (χ4n) is 2.98. The molecule has 2 aromatic rings. The number of amides is 1. The van der Waals surface area contributed by atoms with E-state index in [4.69, 9.17) is 0 Å². The van der Waals surface area contributed by atoms with Crippen molar-refractivity contribution in [1.29, 1.82) is 0 Å². The molecule has 2 aromatic heterocycles. The number of hydrogen-bond acceptors (Lipinski definition) is 5. The van der Waals surface area contributed by atoms with Crippen molar-refractivity contribution in [2.45, 2.75) is 19.4 Å². The zero-order valence-corrected chi connectivity index (χ0v) is 12.5. The maximum Gasteiger partial charge on any atom is 0.274 e. The summed E-state index contributed by atoms with van der Waals surface area (Å²) in [6.07, 6.45) is 3.72. The molecule has 1 amide bonds. The summed E-state index contributed by atoms with van der Waals surface area (Å²) in [4.78, 5) is 19.0. The van der Waals surface area contributed by atoms with Crippen molar-refractivity contribution < 1.29 is 4.79 Å². The lowest BCUT2D eigenvalue weighted by Crippen LogP contribution is -2.20. The van der Waals surface area contributed by atoms with E-state index in [-0.39, 0.29) is 5.91 Å².